The molecule has 0 fully saturated rings. The van der Waals surface area contributed by atoms with E-state index in [4.69, 9.17) is 4.42 Å². The SMILES string of the molecule is CC[S+]([O-])c1nc(-c2ccccc2)c(-c2ccccc2)o1. The molecule has 1 aromatic heterocycles. The maximum Gasteiger partial charge on any atom is 0.416 e. The number of benzene rings is 2. The Hall–Kier alpha value is -2.04. The Labute approximate surface area is 126 Å². The van der Waals surface area contributed by atoms with Gasteiger partial charge in [-0.05, 0) is 6.92 Å². The van der Waals surface area contributed by atoms with Crippen molar-refractivity contribution < 1.29 is 8.97 Å². The fraction of sp³-hybridized carbons (Fsp3) is 0.118. The molecule has 0 aliphatic heterocycles. The average Bonchev–Trinajstić information content (AvgIpc) is 3.01. The molecule has 1 unspecified atom stereocenters. The Kier molecular flexibility index (Phi) is 4.08. The highest BCUT2D eigenvalue weighted by Crippen LogP contribution is 2.33. The van der Waals surface area contributed by atoms with Crippen LogP contribution >= 0.6 is 0 Å². The lowest BCUT2D eigenvalue weighted by atomic mass is 10.1. The predicted molar refractivity (Wildman–Crippen MR) is 84.3 cm³/mol. The van der Waals surface area contributed by atoms with Gasteiger partial charge in [0.2, 0.25) is 0 Å². The molecule has 0 bridgehead atoms. The standard InChI is InChI=1S/C17H15NO2S/c1-2-21(19)17-18-15(13-9-5-3-6-10-13)16(20-17)14-11-7-4-8-12-14/h3-12H,2H2,1H3. The lowest BCUT2D eigenvalue weighted by Crippen LogP contribution is -2.03. The van der Waals surface area contributed by atoms with Gasteiger partial charge in [0.15, 0.2) is 5.76 Å². The van der Waals surface area contributed by atoms with E-state index in [1.165, 1.54) is 0 Å². The van der Waals surface area contributed by atoms with Crippen molar-refractivity contribution in [2.24, 2.45) is 0 Å². The number of hydrogen-bond acceptors (Lipinski definition) is 3. The molecule has 0 radical (unpaired) electrons. The quantitative estimate of drug-likeness (QED) is 0.680. The first-order valence-electron chi connectivity index (χ1n) is 6.79. The Morgan fingerprint density at radius 2 is 1.52 bits per heavy atom. The minimum Gasteiger partial charge on any atom is -0.608 e. The molecule has 0 amide bonds. The normalized spacial score (nSPS) is 12.3. The monoisotopic (exact) mass is 297 g/mol. The van der Waals surface area contributed by atoms with Gasteiger partial charge in [-0.25, -0.2) is 0 Å². The summed E-state index contributed by atoms with van der Waals surface area (Å²) >= 11 is -1.21. The molecule has 0 N–H and O–H groups in total. The van der Waals surface area contributed by atoms with Crippen LogP contribution in [0.5, 0.6) is 0 Å². The summed E-state index contributed by atoms with van der Waals surface area (Å²) in [6.45, 7) is 1.85. The molecule has 0 saturated heterocycles. The topological polar surface area (TPSA) is 49.1 Å². The summed E-state index contributed by atoms with van der Waals surface area (Å²) in [6, 6.07) is 19.6. The van der Waals surface area contributed by atoms with Gasteiger partial charge in [0.05, 0.1) is 0 Å². The fourth-order valence-corrected chi connectivity index (χ4v) is 2.71. The number of hydrogen-bond donors (Lipinski definition) is 0. The van der Waals surface area contributed by atoms with Crippen LogP contribution in [0.2, 0.25) is 0 Å². The molecule has 0 aliphatic rings. The molecule has 21 heavy (non-hydrogen) atoms. The van der Waals surface area contributed by atoms with Crippen molar-refractivity contribution in [2.45, 2.75) is 12.1 Å². The molecule has 0 spiro atoms. The summed E-state index contributed by atoms with van der Waals surface area (Å²) in [5.74, 6) is 1.15. The van der Waals surface area contributed by atoms with Crippen LogP contribution in [0, 0.1) is 0 Å². The minimum atomic E-state index is -1.21. The summed E-state index contributed by atoms with van der Waals surface area (Å²) in [5, 5.41) is 0.287. The summed E-state index contributed by atoms with van der Waals surface area (Å²) < 4.78 is 17.8. The Bertz CT molecular complexity index is 653. The Balaban J connectivity index is 2.15. The zero-order valence-corrected chi connectivity index (χ0v) is 12.5. The van der Waals surface area contributed by atoms with Gasteiger partial charge in [0, 0.05) is 22.3 Å². The first kappa shape index (κ1) is 13.9. The molecular formula is C17H15NO2S. The smallest absolute Gasteiger partial charge is 0.416 e. The van der Waals surface area contributed by atoms with E-state index in [2.05, 4.69) is 4.98 Å². The number of aromatic nitrogens is 1. The molecule has 106 valence electrons. The van der Waals surface area contributed by atoms with Crippen molar-refractivity contribution in [2.75, 3.05) is 5.75 Å². The van der Waals surface area contributed by atoms with E-state index < -0.39 is 11.2 Å². The number of rotatable bonds is 4. The fourth-order valence-electron chi connectivity index (χ4n) is 2.10. The maximum absolute atomic E-state index is 12.0. The van der Waals surface area contributed by atoms with Crippen LogP contribution in [0.4, 0.5) is 0 Å². The molecule has 2 aromatic carbocycles. The Morgan fingerprint density at radius 3 is 2.10 bits per heavy atom. The van der Waals surface area contributed by atoms with E-state index >= 15 is 0 Å². The van der Waals surface area contributed by atoms with Crippen molar-refractivity contribution in [3.63, 3.8) is 0 Å². The second-order valence-electron chi connectivity index (χ2n) is 4.52. The highest BCUT2D eigenvalue weighted by atomic mass is 32.2. The largest absolute Gasteiger partial charge is 0.608 e. The van der Waals surface area contributed by atoms with Gasteiger partial charge in [-0.15, -0.1) is 0 Å². The van der Waals surface area contributed by atoms with Crippen molar-refractivity contribution >= 4 is 11.2 Å². The van der Waals surface area contributed by atoms with E-state index in [1.807, 2.05) is 67.6 Å². The van der Waals surface area contributed by atoms with E-state index in [0.29, 0.717) is 11.5 Å². The zero-order valence-electron chi connectivity index (χ0n) is 11.7. The van der Waals surface area contributed by atoms with Crippen molar-refractivity contribution in [1.82, 2.24) is 4.98 Å². The van der Waals surface area contributed by atoms with Crippen LogP contribution in [0.25, 0.3) is 22.6 Å². The molecule has 3 aromatic rings. The van der Waals surface area contributed by atoms with E-state index in [1.54, 1.807) is 0 Å². The molecule has 0 aliphatic carbocycles. The highest BCUT2D eigenvalue weighted by molar-refractivity contribution is 7.91. The number of oxazole rings is 1. The van der Waals surface area contributed by atoms with Gasteiger partial charge in [0.25, 0.3) is 0 Å². The Morgan fingerprint density at radius 1 is 0.952 bits per heavy atom. The second-order valence-corrected chi connectivity index (χ2v) is 6.14. The van der Waals surface area contributed by atoms with Crippen LogP contribution < -0.4 is 0 Å². The van der Waals surface area contributed by atoms with E-state index in [9.17, 15) is 4.55 Å². The maximum atomic E-state index is 12.0. The third-order valence-corrected chi connectivity index (χ3v) is 4.24. The predicted octanol–water partition coefficient (Wildman–Crippen LogP) is 4.14. The van der Waals surface area contributed by atoms with Crippen molar-refractivity contribution in [3.8, 4) is 22.6 Å². The van der Waals surface area contributed by atoms with Gasteiger partial charge in [0.1, 0.15) is 11.4 Å². The minimum absolute atomic E-state index is 0.287. The molecule has 3 rings (SSSR count). The van der Waals surface area contributed by atoms with Gasteiger partial charge < -0.3 is 8.97 Å². The molecule has 4 heteroatoms. The molecule has 1 heterocycles. The average molecular weight is 297 g/mol. The van der Waals surface area contributed by atoms with Crippen LogP contribution in [0.15, 0.2) is 70.3 Å². The van der Waals surface area contributed by atoms with Crippen LogP contribution in [-0.4, -0.2) is 15.3 Å². The molecule has 1 atom stereocenters. The van der Waals surface area contributed by atoms with E-state index in [0.717, 1.165) is 16.8 Å². The first-order chi connectivity index (χ1) is 10.3. The van der Waals surface area contributed by atoms with Crippen LogP contribution in [-0.2, 0) is 11.2 Å². The zero-order chi connectivity index (χ0) is 14.7. The molecule has 0 saturated carbocycles. The van der Waals surface area contributed by atoms with Gasteiger partial charge in [-0.2, -0.15) is 4.98 Å². The van der Waals surface area contributed by atoms with Crippen LogP contribution in [0.1, 0.15) is 6.92 Å². The lowest BCUT2D eigenvalue weighted by molar-refractivity contribution is 0.440. The van der Waals surface area contributed by atoms with Gasteiger partial charge in [-0.3, -0.25) is 0 Å². The summed E-state index contributed by atoms with van der Waals surface area (Å²) in [4.78, 5) is 4.46. The molecule has 3 nitrogen and oxygen atoms in total. The van der Waals surface area contributed by atoms with Crippen LogP contribution in [0.3, 0.4) is 0 Å². The van der Waals surface area contributed by atoms with Gasteiger partial charge >= 0.3 is 5.22 Å². The lowest BCUT2D eigenvalue weighted by Gasteiger charge is -2.00. The third-order valence-electron chi connectivity index (χ3n) is 3.15. The first-order valence-corrected chi connectivity index (χ1v) is 8.11. The number of nitrogens with zero attached hydrogens (tertiary/aromatic N) is 1. The second kappa shape index (κ2) is 6.16. The summed E-state index contributed by atoms with van der Waals surface area (Å²) in [7, 11) is 0. The highest BCUT2D eigenvalue weighted by Gasteiger charge is 2.23. The summed E-state index contributed by atoms with van der Waals surface area (Å²) in [6.07, 6.45) is 0. The third kappa shape index (κ3) is 2.86. The van der Waals surface area contributed by atoms with Crippen molar-refractivity contribution in [3.05, 3.63) is 60.7 Å². The van der Waals surface area contributed by atoms with E-state index in [-0.39, 0.29) is 5.22 Å². The molecular weight excluding hydrogens is 282 g/mol. The van der Waals surface area contributed by atoms with Crippen molar-refractivity contribution in [1.29, 1.82) is 0 Å². The summed E-state index contributed by atoms with van der Waals surface area (Å²) in [5.41, 5.74) is 2.63. The van der Waals surface area contributed by atoms with Gasteiger partial charge in [-0.1, -0.05) is 60.7 Å².